The number of aryl methyl sites for hydroxylation is 3. The number of nitrogens with one attached hydrogen (secondary N) is 1. The molecule has 0 unspecified atom stereocenters. The van der Waals surface area contributed by atoms with Gasteiger partial charge in [-0.05, 0) is 43.5 Å². The Bertz CT molecular complexity index is 901. The van der Waals surface area contributed by atoms with Crippen molar-refractivity contribution < 1.29 is 9.53 Å². The van der Waals surface area contributed by atoms with E-state index in [1.54, 1.807) is 6.92 Å². The molecule has 0 aliphatic rings. The summed E-state index contributed by atoms with van der Waals surface area (Å²) in [6, 6.07) is 16.3. The van der Waals surface area contributed by atoms with Gasteiger partial charge in [0.2, 0.25) is 5.91 Å². The topological polar surface area (TPSA) is 56.2 Å². The van der Waals surface area contributed by atoms with Crippen molar-refractivity contribution in [3.8, 4) is 5.75 Å². The Morgan fingerprint density at radius 1 is 1.11 bits per heavy atom. The van der Waals surface area contributed by atoms with Gasteiger partial charge in [-0.15, -0.1) is 0 Å². The van der Waals surface area contributed by atoms with E-state index in [9.17, 15) is 4.79 Å². The predicted molar refractivity (Wildman–Crippen MR) is 108 cm³/mol. The van der Waals surface area contributed by atoms with E-state index >= 15 is 0 Å². The number of aromatic nitrogens is 2. The Labute approximate surface area is 160 Å². The summed E-state index contributed by atoms with van der Waals surface area (Å²) in [5.74, 6) is 2.03. The molecular weight excluding hydrogens is 338 g/mol. The van der Waals surface area contributed by atoms with Gasteiger partial charge in [-0.3, -0.25) is 4.79 Å². The van der Waals surface area contributed by atoms with Crippen LogP contribution in [0.4, 0.5) is 0 Å². The standard InChI is InChI=1S/C22H27N3O2/c1-17-9-3-6-12-21(17)27-16-8-15-25-20-11-5-4-10-19(20)24-22(25)13-7-14-23-18(2)26/h3-6,9-12H,7-8,13-16H2,1-2H3,(H,23,26). The average molecular weight is 365 g/mol. The van der Waals surface area contributed by atoms with Gasteiger partial charge in [-0.1, -0.05) is 30.3 Å². The molecule has 0 spiro atoms. The van der Waals surface area contributed by atoms with E-state index in [2.05, 4.69) is 28.9 Å². The lowest BCUT2D eigenvalue weighted by molar-refractivity contribution is -0.118. The number of benzene rings is 2. The average Bonchev–Trinajstić information content (AvgIpc) is 3.01. The van der Waals surface area contributed by atoms with Crippen LogP contribution < -0.4 is 10.1 Å². The first-order chi connectivity index (χ1) is 13.1. The number of amides is 1. The second-order valence-electron chi connectivity index (χ2n) is 6.72. The van der Waals surface area contributed by atoms with Crippen molar-refractivity contribution in [1.29, 1.82) is 0 Å². The molecule has 0 saturated carbocycles. The summed E-state index contributed by atoms with van der Waals surface area (Å²) in [5.41, 5.74) is 3.33. The summed E-state index contributed by atoms with van der Waals surface area (Å²) in [5, 5.41) is 2.85. The van der Waals surface area contributed by atoms with Gasteiger partial charge in [0.05, 0.1) is 17.6 Å². The van der Waals surface area contributed by atoms with Crippen LogP contribution in [0.3, 0.4) is 0 Å². The second-order valence-corrected chi connectivity index (χ2v) is 6.72. The highest BCUT2D eigenvalue weighted by Crippen LogP contribution is 2.19. The van der Waals surface area contributed by atoms with Gasteiger partial charge in [-0.25, -0.2) is 4.98 Å². The number of carbonyl (C=O) groups is 1. The van der Waals surface area contributed by atoms with Crippen molar-refractivity contribution in [2.75, 3.05) is 13.2 Å². The minimum atomic E-state index is 0.0110. The van der Waals surface area contributed by atoms with Crippen LogP contribution in [-0.2, 0) is 17.8 Å². The van der Waals surface area contributed by atoms with E-state index in [4.69, 9.17) is 9.72 Å². The Hall–Kier alpha value is -2.82. The van der Waals surface area contributed by atoms with Gasteiger partial charge < -0.3 is 14.6 Å². The first kappa shape index (κ1) is 19.0. The van der Waals surface area contributed by atoms with Crippen molar-refractivity contribution in [3.05, 3.63) is 59.9 Å². The van der Waals surface area contributed by atoms with E-state index in [0.717, 1.165) is 54.0 Å². The van der Waals surface area contributed by atoms with Crippen LogP contribution in [0.25, 0.3) is 11.0 Å². The highest BCUT2D eigenvalue weighted by atomic mass is 16.5. The lowest BCUT2D eigenvalue weighted by Crippen LogP contribution is -2.21. The van der Waals surface area contributed by atoms with Crippen LogP contribution in [0.5, 0.6) is 5.75 Å². The number of ether oxygens (including phenoxy) is 1. The molecule has 142 valence electrons. The SMILES string of the molecule is CC(=O)NCCCc1nc2ccccc2n1CCCOc1ccccc1C. The third kappa shape index (κ3) is 5.09. The molecule has 1 aromatic heterocycles. The molecular formula is C22H27N3O2. The minimum absolute atomic E-state index is 0.0110. The zero-order valence-corrected chi connectivity index (χ0v) is 16.1. The third-order valence-corrected chi connectivity index (χ3v) is 4.56. The lowest BCUT2D eigenvalue weighted by atomic mass is 10.2. The molecule has 27 heavy (non-hydrogen) atoms. The normalized spacial score (nSPS) is 10.9. The zero-order valence-electron chi connectivity index (χ0n) is 16.1. The van der Waals surface area contributed by atoms with Crippen LogP contribution in [0.15, 0.2) is 48.5 Å². The quantitative estimate of drug-likeness (QED) is 0.586. The summed E-state index contributed by atoms with van der Waals surface area (Å²) >= 11 is 0. The van der Waals surface area contributed by atoms with Crippen LogP contribution >= 0.6 is 0 Å². The van der Waals surface area contributed by atoms with Crippen LogP contribution in [0.1, 0.15) is 31.2 Å². The summed E-state index contributed by atoms with van der Waals surface area (Å²) in [6.07, 6.45) is 2.63. The molecule has 0 fully saturated rings. The summed E-state index contributed by atoms with van der Waals surface area (Å²) in [6.45, 7) is 5.81. The molecule has 1 N–H and O–H groups in total. The van der Waals surface area contributed by atoms with E-state index in [1.807, 2.05) is 36.4 Å². The summed E-state index contributed by atoms with van der Waals surface area (Å²) in [4.78, 5) is 15.8. The van der Waals surface area contributed by atoms with E-state index < -0.39 is 0 Å². The van der Waals surface area contributed by atoms with Crippen LogP contribution in [0, 0.1) is 6.92 Å². The van der Waals surface area contributed by atoms with Crippen molar-refractivity contribution in [2.45, 2.75) is 39.7 Å². The molecule has 3 rings (SSSR count). The Balaban J connectivity index is 1.62. The van der Waals surface area contributed by atoms with E-state index in [0.29, 0.717) is 13.2 Å². The first-order valence-corrected chi connectivity index (χ1v) is 9.52. The maximum atomic E-state index is 11.0. The molecule has 5 nitrogen and oxygen atoms in total. The molecule has 2 aromatic carbocycles. The van der Waals surface area contributed by atoms with Crippen LogP contribution in [0.2, 0.25) is 0 Å². The third-order valence-electron chi connectivity index (χ3n) is 4.56. The van der Waals surface area contributed by atoms with E-state index in [-0.39, 0.29) is 5.91 Å². The smallest absolute Gasteiger partial charge is 0.216 e. The number of hydrogen-bond acceptors (Lipinski definition) is 3. The molecule has 0 aliphatic carbocycles. The first-order valence-electron chi connectivity index (χ1n) is 9.52. The number of rotatable bonds is 9. The number of nitrogens with zero attached hydrogens (tertiary/aromatic N) is 2. The zero-order chi connectivity index (χ0) is 19.1. The Morgan fingerprint density at radius 2 is 1.89 bits per heavy atom. The van der Waals surface area contributed by atoms with Crippen molar-refractivity contribution in [3.63, 3.8) is 0 Å². The predicted octanol–water partition coefficient (Wildman–Crippen LogP) is 3.88. The molecule has 0 saturated heterocycles. The van der Waals surface area contributed by atoms with Crippen molar-refractivity contribution >= 4 is 16.9 Å². The maximum absolute atomic E-state index is 11.0. The highest BCUT2D eigenvalue weighted by Gasteiger charge is 2.10. The lowest BCUT2D eigenvalue weighted by Gasteiger charge is -2.11. The fourth-order valence-electron chi connectivity index (χ4n) is 3.20. The van der Waals surface area contributed by atoms with E-state index in [1.165, 1.54) is 0 Å². The summed E-state index contributed by atoms with van der Waals surface area (Å²) in [7, 11) is 0. The Morgan fingerprint density at radius 3 is 2.70 bits per heavy atom. The van der Waals surface area contributed by atoms with Gasteiger partial charge in [0.15, 0.2) is 0 Å². The molecule has 0 atom stereocenters. The molecule has 5 heteroatoms. The van der Waals surface area contributed by atoms with Crippen LogP contribution in [-0.4, -0.2) is 28.6 Å². The number of hydrogen-bond donors (Lipinski definition) is 1. The van der Waals surface area contributed by atoms with Gasteiger partial charge in [0, 0.05) is 26.4 Å². The largest absolute Gasteiger partial charge is 0.493 e. The minimum Gasteiger partial charge on any atom is -0.493 e. The van der Waals surface area contributed by atoms with Gasteiger partial charge in [0.1, 0.15) is 11.6 Å². The van der Waals surface area contributed by atoms with Crippen molar-refractivity contribution in [2.24, 2.45) is 0 Å². The molecule has 0 aliphatic heterocycles. The summed E-state index contributed by atoms with van der Waals surface area (Å²) < 4.78 is 8.21. The number of carbonyl (C=O) groups excluding carboxylic acids is 1. The van der Waals surface area contributed by atoms with Gasteiger partial charge in [-0.2, -0.15) is 0 Å². The fourth-order valence-corrected chi connectivity index (χ4v) is 3.20. The van der Waals surface area contributed by atoms with Crippen molar-refractivity contribution in [1.82, 2.24) is 14.9 Å². The molecule has 0 radical (unpaired) electrons. The molecule has 0 bridgehead atoms. The fraction of sp³-hybridized carbons (Fsp3) is 0.364. The highest BCUT2D eigenvalue weighted by molar-refractivity contribution is 5.76. The molecule has 1 amide bonds. The number of fused-ring (bicyclic) bond motifs is 1. The molecule has 1 heterocycles. The second kappa shape index (κ2) is 9.21. The molecule has 3 aromatic rings. The number of imidazole rings is 1. The monoisotopic (exact) mass is 365 g/mol. The Kier molecular flexibility index (Phi) is 6.47. The number of para-hydroxylation sites is 3. The maximum Gasteiger partial charge on any atom is 0.216 e. The van der Waals surface area contributed by atoms with Gasteiger partial charge >= 0.3 is 0 Å². The van der Waals surface area contributed by atoms with Gasteiger partial charge in [0.25, 0.3) is 0 Å².